The highest BCUT2D eigenvalue weighted by Crippen LogP contribution is 2.38. The summed E-state index contributed by atoms with van der Waals surface area (Å²) in [5.41, 5.74) is 0.780. The van der Waals surface area contributed by atoms with E-state index in [0.717, 1.165) is 16.8 Å². The molecular weight excluding hydrogens is 327 g/mol. The SMILES string of the molecule is Cc1nn(C)c2nc(-c3ccc4ccccc4c3)cc(C(F)(F)F)c12. The van der Waals surface area contributed by atoms with E-state index in [9.17, 15) is 13.2 Å². The molecule has 4 aromatic rings. The molecule has 126 valence electrons. The number of aromatic nitrogens is 3. The Balaban J connectivity index is 2.02. The minimum absolute atomic E-state index is 0.0551. The number of halogens is 3. The van der Waals surface area contributed by atoms with Crippen LogP contribution in [0.2, 0.25) is 0 Å². The highest BCUT2D eigenvalue weighted by molar-refractivity contribution is 5.89. The standard InChI is InChI=1S/C19H14F3N3/c1-11-17-15(19(20,21)22)10-16(23-18(17)25(2)24-11)14-8-7-12-5-3-4-6-13(12)9-14/h3-10H,1-2H3. The van der Waals surface area contributed by atoms with Gasteiger partial charge < -0.3 is 0 Å². The molecule has 0 spiro atoms. The Labute approximate surface area is 141 Å². The Kier molecular flexibility index (Phi) is 3.32. The molecule has 0 fully saturated rings. The summed E-state index contributed by atoms with van der Waals surface area (Å²) in [4.78, 5) is 4.45. The zero-order valence-corrected chi connectivity index (χ0v) is 13.6. The van der Waals surface area contributed by atoms with Crippen LogP contribution >= 0.6 is 0 Å². The number of hydrogen-bond donors (Lipinski definition) is 0. The van der Waals surface area contributed by atoms with Gasteiger partial charge in [0.2, 0.25) is 0 Å². The van der Waals surface area contributed by atoms with Gasteiger partial charge in [-0.2, -0.15) is 18.3 Å². The Morgan fingerprint density at radius 1 is 0.960 bits per heavy atom. The van der Waals surface area contributed by atoms with Crippen molar-refractivity contribution >= 4 is 21.8 Å². The van der Waals surface area contributed by atoms with Crippen molar-refractivity contribution in [2.24, 2.45) is 7.05 Å². The van der Waals surface area contributed by atoms with Crippen LogP contribution in [0.4, 0.5) is 13.2 Å². The van der Waals surface area contributed by atoms with Gasteiger partial charge in [0.05, 0.1) is 22.3 Å². The number of rotatable bonds is 1. The molecule has 4 rings (SSSR count). The van der Waals surface area contributed by atoms with E-state index in [-0.39, 0.29) is 16.7 Å². The van der Waals surface area contributed by atoms with Crippen LogP contribution in [0.15, 0.2) is 48.5 Å². The molecule has 25 heavy (non-hydrogen) atoms. The number of aryl methyl sites for hydroxylation is 2. The molecule has 0 aliphatic carbocycles. The monoisotopic (exact) mass is 341 g/mol. The van der Waals surface area contributed by atoms with Gasteiger partial charge in [-0.3, -0.25) is 4.68 Å². The molecule has 0 bridgehead atoms. The highest BCUT2D eigenvalue weighted by atomic mass is 19.4. The zero-order chi connectivity index (χ0) is 17.8. The fourth-order valence-electron chi connectivity index (χ4n) is 3.16. The molecule has 2 aromatic carbocycles. The number of nitrogens with zero attached hydrogens (tertiary/aromatic N) is 3. The maximum Gasteiger partial charge on any atom is 0.417 e. The molecule has 0 saturated carbocycles. The fraction of sp³-hybridized carbons (Fsp3) is 0.158. The Bertz CT molecular complexity index is 1110. The third-order valence-electron chi connectivity index (χ3n) is 4.32. The summed E-state index contributed by atoms with van der Waals surface area (Å²) < 4.78 is 42.2. The Morgan fingerprint density at radius 3 is 2.40 bits per heavy atom. The van der Waals surface area contributed by atoms with Gasteiger partial charge >= 0.3 is 6.18 Å². The van der Waals surface area contributed by atoms with Crippen LogP contribution in [0.25, 0.3) is 33.1 Å². The Hall–Kier alpha value is -2.89. The number of fused-ring (bicyclic) bond motifs is 2. The van der Waals surface area contributed by atoms with Gasteiger partial charge in [-0.1, -0.05) is 36.4 Å². The van der Waals surface area contributed by atoms with Crippen LogP contribution in [0.1, 0.15) is 11.3 Å². The number of benzene rings is 2. The number of hydrogen-bond acceptors (Lipinski definition) is 2. The third kappa shape index (κ3) is 2.54. The van der Waals surface area contributed by atoms with E-state index in [1.165, 1.54) is 4.68 Å². The van der Waals surface area contributed by atoms with Crippen molar-refractivity contribution in [3.63, 3.8) is 0 Å². The van der Waals surface area contributed by atoms with Crippen molar-refractivity contribution in [1.29, 1.82) is 0 Å². The second-order valence-corrected chi connectivity index (χ2v) is 6.02. The lowest BCUT2D eigenvalue weighted by atomic mass is 10.0. The molecular formula is C19H14F3N3. The summed E-state index contributed by atoms with van der Waals surface area (Å²) in [7, 11) is 1.60. The molecule has 0 unspecified atom stereocenters. The van der Waals surface area contributed by atoms with Gasteiger partial charge in [-0.25, -0.2) is 4.98 Å². The molecule has 3 nitrogen and oxygen atoms in total. The summed E-state index contributed by atoms with van der Waals surface area (Å²) in [5.74, 6) is 0. The first-order chi connectivity index (χ1) is 11.8. The van der Waals surface area contributed by atoms with Gasteiger partial charge in [0.15, 0.2) is 5.65 Å². The van der Waals surface area contributed by atoms with Crippen molar-refractivity contribution in [2.45, 2.75) is 13.1 Å². The van der Waals surface area contributed by atoms with Crippen LogP contribution in [-0.4, -0.2) is 14.8 Å². The summed E-state index contributed by atoms with van der Waals surface area (Å²) in [5, 5.41) is 6.14. The first-order valence-corrected chi connectivity index (χ1v) is 7.75. The minimum Gasteiger partial charge on any atom is -0.250 e. The average Bonchev–Trinajstić information content (AvgIpc) is 2.87. The normalized spacial score (nSPS) is 12.2. The smallest absolute Gasteiger partial charge is 0.250 e. The van der Waals surface area contributed by atoms with E-state index in [0.29, 0.717) is 11.3 Å². The lowest BCUT2D eigenvalue weighted by molar-refractivity contribution is -0.136. The van der Waals surface area contributed by atoms with Crippen LogP contribution in [0.3, 0.4) is 0 Å². The minimum atomic E-state index is -4.47. The zero-order valence-electron chi connectivity index (χ0n) is 13.6. The molecule has 2 aromatic heterocycles. The van der Waals surface area contributed by atoms with Gasteiger partial charge in [0.25, 0.3) is 0 Å². The van der Waals surface area contributed by atoms with Crippen molar-refractivity contribution in [3.05, 3.63) is 59.8 Å². The van der Waals surface area contributed by atoms with Gasteiger partial charge in [-0.15, -0.1) is 0 Å². The molecule has 0 amide bonds. The van der Waals surface area contributed by atoms with E-state index in [1.807, 2.05) is 36.4 Å². The molecule has 0 atom stereocenters. The molecule has 0 N–H and O–H groups in total. The second kappa shape index (κ2) is 5.31. The van der Waals surface area contributed by atoms with Crippen molar-refractivity contribution in [2.75, 3.05) is 0 Å². The lowest BCUT2D eigenvalue weighted by Crippen LogP contribution is -2.07. The molecule has 6 heteroatoms. The van der Waals surface area contributed by atoms with Crippen molar-refractivity contribution in [1.82, 2.24) is 14.8 Å². The van der Waals surface area contributed by atoms with Crippen LogP contribution in [0, 0.1) is 6.92 Å². The molecule has 0 aliphatic heterocycles. The van der Waals surface area contributed by atoms with Gasteiger partial charge in [0, 0.05) is 12.6 Å². The van der Waals surface area contributed by atoms with E-state index in [4.69, 9.17) is 0 Å². The average molecular weight is 341 g/mol. The lowest BCUT2D eigenvalue weighted by Gasteiger charge is -2.11. The van der Waals surface area contributed by atoms with Gasteiger partial charge in [-0.05, 0) is 29.8 Å². The maximum absolute atomic E-state index is 13.6. The molecule has 0 saturated heterocycles. The van der Waals surface area contributed by atoms with Gasteiger partial charge in [0.1, 0.15) is 0 Å². The predicted molar refractivity (Wildman–Crippen MR) is 91.2 cm³/mol. The van der Waals surface area contributed by atoms with E-state index >= 15 is 0 Å². The topological polar surface area (TPSA) is 30.7 Å². The summed E-state index contributed by atoms with van der Waals surface area (Å²) in [6, 6.07) is 14.4. The van der Waals surface area contributed by atoms with E-state index < -0.39 is 11.7 Å². The summed E-state index contributed by atoms with van der Waals surface area (Å²) >= 11 is 0. The largest absolute Gasteiger partial charge is 0.417 e. The van der Waals surface area contributed by atoms with Crippen LogP contribution in [0.5, 0.6) is 0 Å². The summed E-state index contributed by atoms with van der Waals surface area (Å²) in [6.07, 6.45) is -4.47. The number of pyridine rings is 1. The maximum atomic E-state index is 13.6. The van der Waals surface area contributed by atoms with E-state index in [1.54, 1.807) is 20.0 Å². The fourth-order valence-corrected chi connectivity index (χ4v) is 3.16. The summed E-state index contributed by atoms with van der Waals surface area (Å²) in [6.45, 7) is 1.56. The first-order valence-electron chi connectivity index (χ1n) is 7.75. The van der Waals surface area contributed by atoms with Crippen LogP contribution in [-0.2, 0) is 13.2 Å². The number of alkyl halides is 3. The quantitative estimate of drug-likeness (QED) is 0.481. The molecule has 0 radical (unpaired) electrons. The second-order valence-electron chi connectivity index (χ2n) is 6.02. The predicted octanol–water partition coefficient (Wildman–Crippen LogP) is 5.12. The third-order valence-corrected chi connectivity index (χ3v) is 4.32. The Morgan fingerprint density at radius 2 is 1.68 bits per heavy atom. The van der Waals surface area contributed by atoms with Crippen LogP contribution < -0.4 is 0 Å². The van der Waals surface area contributed by atoms with Crippen molar-refractivity contribution < 1.29 is 13.2 Å². The molecule has 2 heterocycles. The van der Waals surface area contributed by atoms with E-state index in [2.05, 4.69) is 10.1 Å². The highest BCUT2D eigenvalue weighted by Gasteiger charge is 2.35. The first kappa shape index (κ1) is 15.6. The molecule has 0 aliphatic rings. The van der Waals surface area contributed by atoms with Crippen molar-refractivity contribution in [3.8, 4) is 11.3 Å².